The van der Waals surface area contributed by atoms with Gasteiger partial charge in [-0.3, -0.25) is 0 Å². The first-order valence-electron chi connectivity index (χ1n) is 5.87. The molecule has 1 aromatic rings. The molecule has 0 bridgehead atoms. The van der Waals surface area contributed by atoms with E-state index in [1.54, 1.807) is 0 Å². The van der Waals surface area contributed by atoms with Gasteiger partial charge in [0.25, 0.3) is 0 Å². The van der Waals surface area contributed by atoms with Gasteiger partial charge in [0.1, 0.15) is 11.5 Å². The first-order valence-corrected chi connectivity index (χ1v) is 9.28. The molecule has 0 saturated carbocycles. The number of ether oxygens (including phenoxy) is 1. The van der Waals surface area contributed by atoms with Crippen molar-refractivity contribution in [2.45, 2.75) is 26.1 Å². The molecule has 2 rings (SSSR count). The second kappa shape index (κ2) is 4.80. The van der Waals surface area contributed by atoms with E-state index in [0.29, 0.717) is 0 Å². The van der Waals surface area contributed by atoms with Crippen LogP contribution in [0.3, 0.4) is 0 Å². The number of hydrogen-bond donors (Lipinski definition) is 0. The van der Waals surface area contributed by atoms with Crippen LogP contribution in [0.2, 0.25) is 19.6 Å². The van der Waals surface area contributed by atoms with Crippen molar-refractivity contribution in [1.82, 2.24) is 0 Å². The molecular formula is C14H18O2Si. The van der Waals surface area contributed by atoms with Gasteiger partial charge in [0, 0.05) is 0 Å². The van der Waals surface area contributed by atoms with Crippen molar-refractivity contribution in [2.75, 3.05) is 0 Å². The summed E-state index contributed by atoms with van der Waals surface area (Å²) >= 11 is 0. The van der Waals surface area contributed by atoms with Gasteiger partial charge in [-0.25, -0.2) is 0 Å². The van der Waals surface area contributed by atoms with Gasteiger partial charge in [-0.05, 0) is 50.3 Å². The van der Waals surface area contributed by atoms with Crippen LogP contribution in [0.1, 0.15) is 6.42 Å². The summed E-state index contributed by atoms with van der Waals surface area (Å²) in [6.45, 7) is 6.50. The van der Waals surface area contributed by atoms with Crippen LogP contribution >= 0.6 is 0 Å². The van der Waals surface area contributed by atoms with E-state index >= 15 is 0 Å². The van der Waals surface area contributed by atoms with Crippen LogP contribution in [0.15, 0.2) is 48.3 Å². The molecule has 0 heterocycles. The van der Waals surface area contributed by atoms with Crippen molar-refractivity contribution in [1.29, 1.82) is 0 Å². The fourth-order valence-electron chi connectivity index (χ4n) is 1.59. The Kier molecular flexibility index (Phi) is 3.38. The van der Waals surface area contributed by atoms with Crippen molar-refractivity contribution in [3.63, 3.8) is 0 Å². The predicted octanol–water partition coefficient (Wildman–Crippen LogP) is 4.12. The lowest BCUT2D eigenvalue weighted by Gasteiger charge is -2.21. The number of para-hydroxylation sites is 2. The Bertz CT molecular complexity index is 456. The van der Waals surface area contributed by atoms with Crippen LogP contribution in [0.25, 0.3) is 0 Å². The Labute approximate surface area is 104 Å². The van der Waals surface area contributed by atoms with Crippen molar-refractivity contribution in [3.05, 3.63) is 48.3 Å². The summed E-state index contributed by atoms with van der Waals surface area (Å²) in [5.74, 6) is 2.54. The average Bonchev–Trinajstić information content (AvgIpc) is 2.71. The molecule has 1 aromatic carbocycles. The summed E-state index contributed by atoms with van der Waals surface area (Å²) in [6.07, 6.45) is 7.08. The minimum absolute atomic E-state index is 0.799. The van der Waals surface area contributed by atoms with Gasteiger partial charge < -0.3 is 9.16 Å². The monoisotopic (exact) mass is 246 g/mol. The molecule has 1 aliphatic carbocycles. The molecule has 0 fully saturated rings. The Balaban J connectivity index is 2.18. The summed E-state index contributed by atoms with van der Waals surface area (Å²) in [5.41, 5.74) is 0. The molecule has 0 spiro atoms. The SMILES string of the molecule is C[Si](C)(C)Oc1ccccc1OC1=CCC=C1. The third-order valence-corrected chi connectivity index (χ3v) is 3.06. The molecule has 90 valence electrons. The van der Waals surface area contributed by atoms with Gasteiger partial charge in [-0.2, -0.15) is 0 Å². The largest absolute Gasteiger partial charge is 0.542 e. The average molecular weight is 246 g/mol. The molecule has 3 heteroatoms. The van der Waals surface area contributed by atoms with Gasteiger partial charge >= 0.3 is 0 Å². The zero-order valence-electron chi connectivity index (χ0n) is 10.6. The molecule has 0 aliphatic heterocycles. The van der Waals surface area contributed by atoms with Gasteiger partial charge in [-0.1, -0.05) is 18.2 Å². The lowest BCUT2D eigenvalue weighted by molar-refractivity contribution is 0.417. The van der Waals surface area contributed by atoms with Gasteiger partial charge in [-0.15, -0.1) is 0 Å². The zero-order chi connectivity index (χ0) is 12.3. The molecule has 0 saturated heterocycles. The van der Waals surface area contributed by atoms with Crippen LogP contribution in [-0.2, 0) is 0 Å². The first-order chi connectivity index (χ1) is 8.04. The number of allylic oxidation sites excluding steroid dienone is 3. The van der Waals surface area contributed by atoms with Crippen LogP contribution in [0, 0.1) is 0 Å². The minimum Gasteiger partial charge on any atom is -0.542 e. The third kappa shape index (κ3) is 3.49. The highest BCUT2D eigenvalue weighted by molar-refractivity contribution is 6.70. The number of rotatable bonds is 4. The molecule has 0 unspecified atom stereocenters. The normalized spacial score (nSPS) is 14.6. The van der Waals surface area contributed by atoms with E-state index in [0.717, 1.165) is 23.7 Å². The first kappa shape index (κ1) is 12.0. The molecule has 0 amide bonds. The summed E-state index contributed by atoms with van der Waals surface area (Å²) < 4.78 is 11.8. The second-order valence-electron chi connectivity index (χ2n) is 5.01. The van der Waals surface area contributed by atoms with Crippen LogP contribution < -0.4 is 9.16 Å². The molecular weight excluding hydrogens is 228 g/mol. The lowest BCUT2D eigenvalue weighted by Crippen LogP contribution is -2.29. The van der Waals surface area contributed by atoms with E-state index in [1.807, 2.05) is 30.3 Å². The van der Waals surface area contributed by atoms with E-state index in [4.69, 9.17) is 9.16 Å². The van der Waals surface area contributed by atoms with Gasteiger partial charge in [0.15, 0.2) is 5.75 Å². The van der Waals surface area contributed by atoms with E-state index < -0.39 is 8.32 Å². The Morgan fingerprint density at radius 1 is 1.06 bits per heavy atom. The second-order valence-corrected chi connectivity index (χ2v) is 9.44. The summed E-state index contributed by atoms with van der Waals surface area (Å²) in [6, 6.07) is 7.85. The Morgan fingerprint density at radius 3 is 2.35 bits per heavy atom. The highest BCUT2D eigenvalue weighted by Gasteiger charge is 2.18. The quantitative estimate of drug-likeness (QED) is 0.744. The van der Waals surface area contributed by atoms with Crippen molar-refractivity contribution in [2.24, 2.45) is 0 Å². The highest BCUT2D eigenvalue weighted by atomic mass is 28.4. The van der Waals surface area contributed by atoms with E-state index in [9.17, 15) is 0 Å². The zero-order valence-corrected chi connectivity index (χ0v) is 11.6. The predicted molar refractivity (Wildman–Crippen MR) is 72.9 cm³/mol. The van der Waals surface area contributed by atoms with Gasteiger partial charge in [0.2, 0.25) is 8.32 Å². The molecule has 0 radical (unpaired) electrons. The van der Waals surface area contributed by atoms with Gasteiger partial charge in [0.05, 0.1) is 0 Å². The van der Waals surface area contributed by atoms with Crippen LogP contribution in [-0.4, -0.2) is 8.32 Å². The van der Waals surface area contributed by atoms with Crippen LogP contribution in [0.5, 0.6) is 11.5 Å². The summed E-state index contributed by atoms with van der Waals surface area (Å²) in [7, 11) is -1.60. The van der Waals surface area contributed by atoms with Crippen molar-refractivity contribution in [3.8, 4) is 11.5 Å². The smallest absolute Gasteiger partial charge is 0.242 e. The Hall–Kier alpha value is -1.48. The standard InChI is InChI=1S/C14H18O2Si/c1-17(2,3)16-14-11-7-6-10-13(14)15-12-8-4-5-9-12/h4,6-11H,5H2,1-3H3. The topological polar surface area (TPSA) is 18.5 Å². The van der Waals surface area contributed by atoms with Crippen molar-refractivity contribution >= 4 is 8.32 Å². The minimum atomic E-state index is -1.60. The molecule has 0 N–H and O–H groups in total. The summed E-state index contributed by atoms with van der Waals surface area (Å²) in [4.78, 5) is 0. The maximum Gasteiger partial charge on any atom is 0.242 e. The Morgan fingerprint density at radius 2 is 1.76 bits per heavy atom. The third-order valence-electron chi connectivity index (χ3n) is 2.23. The maximum absolute atomic E-state index is 6.01. The van der Waals surface area contributed by atoms with Crippen molar-refractivity contribution < 1.29 is 9.16 Å². The molecule has 0 atom stereocenters. The summed E-state index contributed by atoms with van der Waals surface area (Å²) in [5, 5.41) is 0. The number of hydrogen-bond acceptors (Lipinski definition) is 2. The van der Waals surface area contributed by atoms with E-state index in [-0.39, 0.29) is 0 Å². The highest BCUT2D eigenvalue weighted by Crippen LogP contribution is 2.31. The molecule has 17 heavy (non-hydrogen) atoms. The number of benzene rings is 1. The van der Waals surface area contributed by atoms with Crippen LogP contribution in [0.4, 0.5) is 0 Å². The fraction of sp³-hybridized carbons (Fsp3) is 0.286. The molecule has 2 nitrogen and oxygen atoms in total. The lowest BCUT2D eigenvalue weighted by atomic mass is 10.3. The molecule has 1 aliphatic rings. The maximum atomic E-state index is 6.01. The van der Waals surface area contributed by atoms with E-state index in [1.165, 1.54) is 0 Å². The fourth-order valence-corrected chi connectivity index (χ4v) is 2.42. The molecule has 0 aromatic heterocycles. The van der Waals surface area contributed by atoms with E-state index in [2.05, 4.69) is 31.8 Å².